The van der Waals surface area contributed by atoms with E-state index in [1.807, 2.05) is 37.3 Å². The maximum atomic E-state index is 12.8. The second kappa shape index (κ2) is 6.32. The topological polar surface area (TPSA) is 79.8 Å². The Bertz CT molecular complexity index is 1010. The van der Waals surface area contributed by atoms with Crippen molar-refractivity contribution >= 4 is 11.9 Å². The van der Waals surface area contributed by atoms with Crippen LogP contribution in [0, 0.1) is 13.8 Å². The van der Waals surface area contributed by atoms with Crippen LogP contribution in [-0.2, 0) is 7.05 Å². The van der Waals surface area contributed by atoms with Gasteiger partial charge in [-0.25, -0.2) is 9.67 Å². The predicted molar refractivity (Wildman–Crippen MR) is 97.5 cm³/mol. The minimum Gasteiger partial charge on any atom is -0.508 e. The molecule has 3 rings (SSSR count). The van der Waals surface area contributed by atoms with E-state index < -0.39 is 0 Å². The van der Waals surface area contributed by atoms with Crippen LogP contribution < -0.4 is 5.56 Å². The van der Waals surface area contributed by atoms with E-state index in [1.54, 1.807) is 29.4 Å². The summed E-state index contributed by atoms with van der Waals surface area (Å²) in [5.41, 5.74) is 2.58. The lowest BCUT2D eigenvalue weighted by molar-refractivity contribution is 0.447. The summed E-state index contributed by atoms with van der Waals surface area (Å²) in [5.74, 6) is -0.0826. The molecule has 128 valence electrons. The van der Waals surface area contributed by atoms with Gasteiger partial charge in [0.05, 0.1) is 11.4 Å². The van der Waals surface area contributed by atoms with E-state index in [0.717, 1.165) is 5.69 Å². The number of aromatic hydroxyl groups is 2. The summed E-state index contributed by atoms with van der Waals surface area (Å²) in [6.45, 7) is 3.54. The zero-order valence-electron chi connectivity index (χ0n) is 14.3. The maximum Gasteiger partial charge on any atom is 0.297 e. The first kappa shape index (κ1) is 16.6. The van der Waals surface area contributed by atoms with Crippen molar-refractivity contribution in [3.05, 3.63) is 69.6 Å². The van der Waals surface area contributed by atoms with Gasteiger partial charge in [-0.1, -0.05) is 18.2 Å². The molecule has 0 bridgehead atoms. The smallest absolute Gasteiger partial charge is 0.297 e. The van der Waals surface area contributed by atoms with Crippen LogP contribution in [-0.4, -0.2) is 25.8 Å². The number of hydrogen-bond acceptors (Lipinski definition) is 4. The third kappa shape index (κ3) is 2.94. The van der Waals surface area contributed by atoms with E-state index >= 15 is 0 Å². The molecule has 0 atom stereocenters. The van der Waals surface area contributed by atoms with Gasteiger partial charge >= 0.3 is 0 Å². The Hall–Kier alpha value is -3.28. The van der Waals surface area contributed by atoms with Crippen molar-refractivity contribution in [3.8, 4) is 17.2 Å². The van der Waals surface area contributed by atoms with Gasteiger partial charge in [0.2, 0.25) is 0 Å². The van der Waals surface area contributed by atoms with Gasteiger partial charge in [-0.3, -0.25) is 9.48 Å². The van der Waals surface area contributed by atoms with Gasteiger partial charge in [0, 0.05) is 24.9 Å². The first-order chi connectivity index (χ1) is 11.9. The van der Waals surface area contributed by atoms with Crippen LogP contribution in [0.1, 0.15) is 16.8 Å². The number of phenols is 2. The predicted octanol–water partition coefficient (Wildman–Crippen LogP) is 2.95. The lowest BCUT2D eigenvalue weighted by Crippen LogP contribution is -2.19. The first-order valence-corrected chi connectivity index (χ1v) is 7.81. The van der Waals surface area contributed by atoms with Gasteiger partial charge in [0.15, 0.2) is 5.69 Å². The first-order valence-electron chi connectivity index (χ1n) is 7.81. The number of aromatic nitrogens is 2. The second-order valence-corrected chi connectivity index (χ2v) is 5.87. The Morgan fingerprint density at radius 3 is 2.40 bits per heavy atom. The lowest BCUT2D eigenvalue weighted by Gasteiger charge is -2.07. The van der Waals surface area contributed by atoms with Gasteiger partial charge in [0.25, 0.3) is 5.56 Å². The molecule has 1 heterocycles. The molecule has 0 fully saturated rings. The van der Waals surface area contributed by atoms with Crippen LogP contribution in [0.25, 0.3) is 5.69 Å². The molecule has 2 aromatic carbocycles. The Kier molecular flexibility index (Phi) is 4.19. The molecule has 0 radical (unpaired) electrons. The summed E-state index contributed by atoms with van der Waals surface area (Å²) in [7, 11) is 1.80. The third-order valence-corrected chi connectivity index (χ3v) is 4.20. The standard InChI is InChI=1S/C19H19N3O3/c1-12-9-14(17(24)10-16(12)23)11-20-18-13(2)21(3)22(19(18)25)15-7-5-4-6-8-15/h4-11,23-24H,1-3H3. The molecule has 0 aliphatic rings. The number of hydrogen-bond donors (Lipinski definition) is 2. The zero-order chi connectivity index (χ0) is 18.1. The van der Waals surface area contributed by atoms with Crippen molar-refractivity contribution in [1.29, 1.82) is 0 Å². The fourth-order valence-electron chi connectivity index (χ4n) is 2.65. The number of aliphatic imine (C=N–C) groups is 1. The molecule has 25 heavy (non-hydrogen) atoms. The second-order valence-electron chi connectivity index (χ2n) is 5.87. The van der Waals surface area contributed by atoms with Crippen LogP contribution in [0.5, 0.6) is 11.5 Å². The highest BCUT2D eigenvalue weighted by atomic mass is 16.3. The van der Waals surface area contributed by atoms with Crippen LogP contribution in [0.15, 0.2) is 52.3 Å². The van der Waals surface area contributed by atoms with E-state index in [9.17, 15) is 15.0 Å². The molecule has 0 aliphatic carbocycles. The largest absolute Gasteiger partial charge is 0.508 e. The maximum absolute atomic E-state index is 12.8. The molecular weight excluding hydrogens is 318 g/mol. The van der Waals surface area contributed by atoms with Gasteiger partial charge in [-0.15, -0.1) is 0 Å². The molecule has 0 spiro atoms. The Labute approximate surface area is 144 Å². The molecule has 1 aromatic heterocycles. The number of benzene rings is 2. The molecule has 0 aliphatic heterocycles. The summed E-state index contributed by atoms with van der Waals surface area (Å²) >= 11 is 0. The average molecular weight is 337 g/mol. The number of nitrogens with zero attached hydrogens (tertiary/aromatic N) is 3. The Morgan fingerprint density at radius 2 is 1.72 bits per heavy atom. The Morgan fingerprint density at radius 1 is 1.04 bits per heavy atom. The van der Waals surface area contributed by atoms with E-state index in [1.165, 1.54) is 12.3 Å². The molecule has 0 amide bonds. The van der Waals surface area contributed by atoms with Gasteiger partial charge in [-0.2, -0.15) is 0 Å². The fourth-order valence-corrected chi connectivity index (χ4v) is 2.65. The zero-order valence-corrected chi connectivity index (χ0v) is 14.3. The third-order valence-electron chi connectivity index (χ3n) is 4.20. The quantitative estimate of drug-likeness (QED) is 0.721. The van der Waals surface area contributed by atoms with Gasteiger partial charge < -0.3 is 10.2 Å². The fraction of sp³-hybridized carbons (Fsp3) is 0.158. The lowest BCUT2D eigenvalue weighted by atomic mass is 10.1. The van der Waals surface area contributed by atoms with Gasteiger partial charge in [-0.05, 0) is 37.6 Å². The highest BCUT2D eigenvalue weighted by molar-refractivity contribution is 5.86. The van der Waals surface area contributed by atoms with Crippen LogP contribution in [0.2, 0.25) is 0 Å². The summed E-state index contributed by atoms with van der Waals surface area (Å²) in [4.78, 5) is 17.1. The van der Waals surface area contributed by atoms with Crippen molar-refractivity contribution < 1.29 is 10.2 Å². The van der Waals surface area contributed by atoms with E-state index in [-0.39, 0.29) is 17.1 Å². The van der Waals surface area contributed by atoms with Crippen molar-refractivity contribution in [2.24, 2.45) is 12.0 Å². The molecule has 6 nitrogen and oxygen atoms in total. The highest BCUT2D eigenvalue weighted by Gasteiger charge is 2.15. The van der Waals surface area contributed by atoms with Crippen molar-refractivity contribution in [2.45, 2.75) is 13.8 Å². The number of phenolic OH excluding ortho intramolecular Hbond substituents is 2. The average Bonchev–Trinajstić information content (AvgIpc) is 2.80. The minimum absolute atomic E-state index is 0.0111. The molecule has 2 N–H and O–H groups in total. The van der Waals surface area contributed by atoms with Crippen LogP contribution in [0.3, 0.4) is 0 Å². The molecule has 0 saturated heterocycles. The van der Waals surface area contributed by atoms with E-state index in [4.69, 9.17) is 0 Å². The molecule has 6 heteroatoms. The van der Waals surface area contributed by atoms with Crippen molar-refractivity contribution in [3.63, 3.8) is 0 Å². The van der Waals surface area contributed by atoms with Crippen LogP contribution >= 0.6 is 0 Å². The normalized spacial score (nSPS) is 11.3. The number of para-hydroxylation sites is 1. The van der Waals surface area contributed by atoms with Crippen LogP contribution in [0.4, 0.5) is 5.69 Å². The summed E-state index contributed by atoms with van der Waals surface area (Å²) < 4.78 is 3.29. The molecule has 3 aromatic rings. The monoisotopic (exact) mass is 337 g/mol. The molecular formula is C19H19N3O3. The molecule has 0 saturated carbocycles. The summed E-state index contributed by atoms with van der Waals surface area (Å²) in [6.07, 6.45) is 1.43. The highest BCUT2D eigenvalue weighted by Crippen LogP contribution is 2.26. The summed E-state index contributed by atoms with van der Waals surface area (Å²) in [6, 6.07) is 12.2. The van der Waals surface area contributed by atoms with E-state index in [0.29, 0.717) is 22.5 Å². The van der Waals surface area contributed by atoms with Gasteiger partial charge in [0.1, 0.15) is 11.5 Å². The Balaban J connectivity index is 2.08. The van der Waals surface area contributed by atoms with E-state index in [2.05, 4.69) is 4.99 Å². The summed E-state index contributed by atoms with van der Waals surface area (Å²) in [5, 5.41) is 19.5. The SMILES string of the molecule is Cc1cc(C=Nc2c(C)n(C)n(-c3ccccc3)c2=O)c(O)cc1O. The minimum atomic E-state index is -0.238. The number of aryl methyl sites for hydroxylation is 1. The van der Waals surface area contributed by atoms with Crippen molar-refractivity contribution in [1.82, 2.24) is 9.36 Å². The molecule has 0 unspecified atom stereocenters. The van der Waals surface area contributed by atoms with Crippen molar-refractivity contribution in [2.75, 3.05) is 0 Å². The number of rotatable bonds is 3.